The van der Waals surface area contributed by atoms with Gasteiger partial charge in [-0.05, 0) is 46.7 Å². The van der Waals surface area contributed by atoms with Gasteiger partial charge in [0.05, 0.1) is 41.3 Å². The van der Waals surface area contributed by atoms with Crippen LogP contribution >= 0.6 is 11.6 Å². The standard InChI is InChI=1S/C24H33ClF2N6O2.CH5N/c1-15(2)31-22(23(26)27)19(11-28)30-12-16-9-17(25)20(10-18(16)29-4)32-5-7-33(8-6-32)24(3)14-35-13-21(24)34;1-2/h9-12,15,21,23,34H,4-8,13-14,28H2,1-3H3;2H2,1H3/b19-11+,30-12?,31-22?;. The molecule has 0 radical (unpaired) electrons. The number of benzene rings is 1. The van der Waals surface area contributed by atoms with E-state index in [2.05, 4.69) is 37.2 Å². The molecule has 2 atom stereocenters. The van der Waals surface area contributed by atoms with Gasteiger partial charge in [0, 0.05) is 50.2 Å². The first-order chi connectivity index (χ1) is 17.6. The average Bonchev–Trinajstić information content (AvgIpc) is 3.23. The summed E-state index contributed by atoms with van der Waals surface area (Å²) in [7, 11) is 1.50. The zero-order chi connectivity index (χ0) is 27.8. The van der Waals surface area contributed by atoms with E-state index in [0.29, 0.717) is 42.6 Å². The molecule has 5 N–H and O–H groups in total. The molecule has 0 saturated carbocycles. The average molecular weight is 542 g/mol. The van der Waals surface area contributed by atoms with Crippen molar-refractivity contribution >= 4 is 41.6 Å². The molecule has 0 aromatic heterocycles. The van der Waals surface area contributed by atoms with Gasteiger partial charge in [-0.15, -0.1) is 0 Å². The Bertz CT molecular complexity index is 1010. The molecule has 12 heteroatoms. The fourth-order valence-electron chi connectivity index (χ4n) is 4.31. The third-order valence-electron chi connectivity index (χ3n) is 6.36. The Morgan fingerprint density at radius 3 is 2.41 bits per heavy atom. The lowest BCUT2D eigenvalue weighted by Crippen LogP contribution is -2.60. The lowest BCUT2D eigenvalue weighted by Gasteiger charge is -2.45. The van der Waals surface area contributed by atoms with E-state index in [-0.39, 0.29) is 11.7 Å². The molecule has 2 saturated heterocycles. The SMILES string of the molecule is C=Nc1cc(N2CCN(C3(C)COCC3O)CC2)c(Cl)cc1C=N/C(=C/N)C(=NC(C)C)C(F)F.CN. The zero-order valence-corrected chi connectivity index (χ0v) is 22.6. The van der Waals surface area contributed by atoms with E-state index >= 15 is 0 Å². The second kappa shape index (κ2) is 13.9. The maximum Gasteiger partial charge on any atom is 0.282 e. The van der Waals surface area contributed by atoms with Crippen molar-refractivity contribution in [2.75, 3.05) is 51.3 Å². The number of aliphatic imine (C=N–C) groups is 3. The van der Waals surface area contributed by atoms with Gasteiger partial charge in [-0.1, -0.05) is 11.6 Å². The largest absolute Gasteiger partial charge is 0.403 e. The molecule has 0 amide bonds. The number of ether oxygens (including phenoxy) is 1. The summed E-state index contributed by atoms with van der Waals surface area (Å²) < 4.78 is 32.4. The zero-order valence-electron chi connectivity index (χ0n) is 21.9. The molecular weight excluding hydrogens is 504 g/mol. The maximum absolute atomic E-state index is 13.5. The first kappa shape index (κ1) is 30.8. The third kappa shape index (κ3) is 7.32. The molecule has 0 aliphatic carbocycles. The highest BCUT2D eigenvalue weighted by atomic mass is 35.5. The van der Waals surface area contributed by atoms with Crippen LogP contribution in [0.25, 0.3) is 0 Å². The number of halogens is 3. The number of nitrogens with zero attached hydrogens (tertiary/aromatic N) is 5. The molecule has 2 fully saturated rings. The first-order valence-corrected chi connectivity index (χ1v) is 12.4. The van der Waals surface area contributed by atoms with Crippen molar-refractivity contribution < 1.29 is 18.6 Å². The number of alkyl halides is 2. The monoisotopic (exact) mass is 541 g/mol. The van der Waals surface area contributed by atoms with Gasteiger partial charge < -0.3 is 26.2 Å². The van der Waals surface area contributed by atoms with Crippen LogP contribution in [-0.2, 0) is 4.74 Å². The van der Waals surface area contributed by atoms with Crippen molar-refractivity contribution in [3.63, 3.8) is 0 Å². The van der Waals surface area contributed by atoms with Gasteiger partial charge >= 0.3 is 0 Å². The topological polar surface area (TPSA) is 125 Å². The number of nitrogens with two attached hydrogens (primary N) is 2. The lowest BCUT2D eigenvalue weighted by molar-refractivity contribution is 0.00884. The summed E-state index contributed by atoms with van der Waals surface area (Å²) in [6, 6.07) is 3.15. The Morgan fingerprint density at radius 1 is 1.27 bits per heavy atom. The molecule has 37 heavy (non-hydrogen) atoms. The summed E-state index contributed by atoms with van der Waals surface area (Å²) in [6.07, 6.45) is -0.939. The van der Waals surface area contributed by atoms with Crippen LogP contribution in [0.1, 0.15) is 26.3 Å². The van der Waals surface area contributed by atoms with Crippen LogP contribution < -0.4 is 16.4 Å². The second-order valence-corrected chi connectivity index (χ2v) is 9.51. The lowest BCUT2D eigenvalue weighted by atomic mass is 9.95. The van der Waals surface area contributed by atoms with E-state index < -0.39 is 23.8 Å². The van der Waals surface area contributed by atoms with Crippen molar-refractivity contribution in [1.82, 2.24) is 4.90 Å². The molecule has 2 aliphatic heterocycles. The smallest absolute Gasteiger partial charge is 0.282 e. The van der Waals surface area contributed by atoms with Crippen molar-refractivity contribution in [3.05, 3.63) is 34.6 Å². The van der Waals surface area contributed by atoms with Crippen molar-refractivity contribution in [2.24, 2.45) is 26.4 Å². The van der Waals surface area contributed by atoms with Gasteiger partial charge in [-0.2, -0.15) is 0 Å². The summed E-state index contributed by atoms with van der Waals surface area (Å²) >= 11 is 6.61. The molecule has 2 heterocycles. The van der Waals surface area contributed by atoms with Crippen LogP contribution in [0.4, 0.5) is 20.2 Å². The Morgan fingerprint density at radius 2 is 1.92 bits per heavy atom. The molecule has 206 valence electrons. The van der Waals surface area contributed by atoms with Crippen LogP contribution in [0.2, 0.25) is 5.02 Å². The van der Waals surface area contributed by atoms with Crippen LogP contribution in [0.5, 0.6) is 0 Å². The summed E-state index contributed by atoms with van der Waals surface area (Å²) in [5.74, 6) is 0. The van der Waals surface area contributed by atoms with Gasteiger partial charge in [0.15, 0.2) is 0 Å². The molecule has 2 aliphatic rings. The number of hydrogen-bond acceptors (Lipinski definition) is 9. The molecule has 9 nitrogen and oxygen atoms in total. The number of rotatable bonds is 8. The maximum atomic E-state index is 13.5. The van der Waals surface area contributed by atoms with Crippen LogP contribution in [-0.4, -0.2) is 99.2 Å². The highest BCUT2D eigenvalue weighted by molar-refractivity contribution is 6.33. The van der Waals surface area contributed by atoms with Gasteiger partial charge in [0.25, 0.3) is 6.43 Å². The first-order valence-electron chi connectivity index (χ1n) is 12.1. The van der Waals surface area contributed by atoms with Crippen molar-refractivity contribution in [2.45, 2.75) is 44.9 Å². The Kier molecular flexibility index (Phi) is 11.6. The minimum absolute atomic E-state index is 0.119. The number of allylic oxidation sites excluding steroid dienone is 1. The molecule has 3 rings (SSSR count). The Labute approximate surface area is 222 Å². The Hall–Kier alpha value is -2.44. The van der Waals surface area contributed by atoms with Crippen LogP contribution in [0, 0.1) is 0 Å². The van der Waals surface area contributed by atoms with Crippen LogP contribution in [0.15, 0.2) is 39.0 Å². The molecule has 0 spiro atoms. The minimum atomic E-state index is -2.81. The Balaban J connectivity index is 0.00000235. The minimum Gasteiger partial charge on any atom is -0.403 e. The van der Waals surface area contributed by atoms with E-state index in [0.717, 1.165) is 25.0 Å². The normalized spacial score (nSPS) is 23.6. The van der Waals surface area contributed by atoms with Gasteiger partial charge in [-0.25, -0.2) is 8.78 Å². The van der Waals surface area contributed by atoms with Crippen molar-refractivity contribution in [3.8, 4) is 0 Å². The highest BCUT2D eigenvalue weighted by Gasteiger charge is 2.44. The highest BCUT2D eigenvalue weighted by Crippen LogP contribution is 2.35. The molecular formula is C25H38ClF2N7O2. The van der Waals surface area contributed by atoms with Crippen LogP contribution in [0.3, 0.4) is 0 Å². The number of anilines is 1. The number of hydrogen-bond donors (Lipinski definition) is 3. The number of aliphatic hydroxyl groups is 1. The molecule has 1 aromatic carbocycles. The van der Waals surface area contributed by atoms with E-state index in [4.69, 9.17) is 22.1 Å². The van der Waals surface area contributed by atoms with E-state index in [9.17, 15) is 13.9 Å². The molecule has 0 bridgehead atoms. The number of piperazine rings is 1. The fraction of sp³-hybridized carbons (Fsp3) is 0.560. The molecule has 2 unspecified atom stereocenters. The summed E-state index contributed by atoms with van der Waals surface area (Å²) in [6.45, 7) is 12.8. The van der Waals surface area contributed by atoms with E-state index in [1.165, 1.54) is 13.3 Å². The fourth-order valence-corrected chi connectivity index (χ4v) is 4.60. The van der Waals surface area contributed by atoms with Gasteiger partial charge in [0.1, 0.15) is 11.4 Å². The van der Waals surface area contributed by atoms with Gasteiger partial charge in [-0.3, -0.25) is 19.9 Å². The van der Waals surface area contributed by atoms with Crippen molar-refractivity contribution in [1.29, 1.82) is 0 Å². The quantitative estimate of drug-likeness (QED) is 0.435. The second-order valence-electron chi connectivity index (χ2n) is 9.10. The third-order valence-corrected chi connectivity index (χ3v) is 6.67. The van der Waals surface area contributed by atoms with E-state index in [1.807, 2.05) is 13.0 Å². The molecule has 1 aromatic rings. The predicted molar refractivity (Wildman–Crippen MR) is 148 cm³/mol. The summed E-state index contributed by atoms with van der Waals surface area (Å²) in [4.78, 5) is 16.6. The number of aliphatic hydroxyl groups excluding tert-OH is 1. The summed E-state index contributed by atoms with van der Waals surface area (Å²) in [5, 5.41) is 10.8. The summed E-state index contributed by atoms with van der Waals surface area (Å²) in [5.41, 5.74) is 10.9. The predicted octanol–water partition coefficient (Wildman–Crippen LogP) is 2.85. The van der Waals surface area contributed by atoms with Gasteiger partial charge in [0.2, 0.25) is 0 Å². The van der Waals surface area contributed by atoms with E-state index in [1.54, 1.807) is 19.9 Å².